The maximum atomic E-state index is 12.2. The van der Waals surface area contributed by atoms with Crippen molar-refractivity contribution < 1.29 is 17.7 Å². The Labute approximate surface area is 148 Å². The van der Waals surface area contributed by atoms with Crippen LogP contribution in [0.5, 0.6) is 5.75 Å². The summed E-state index contributed by atoms with van der Waals surface area (Å²) in [4.78, 5) is 4.44. The molecule has 0 spiro atoms. The average molecular weight is 365 g/mol. The Balaban J connectivity index is 1.70. The van der Waals surface area contributed by atoms with Crippen molar-refractivity contribution in [2.75, 3.05) is 18.8 Å². The number of benzene rings is 1. The van der Waals surface area contributed by atoms with Gasteiger partial charge >= 0.3 is 0 Å². The maximum absolute atomic E-state index is 12.2. The van der Waals surface area contributed by atoms with Gasteiger partial charge in [-0.25, -0.2) is 12.7 Å². The summed E-state index contributed by atoms with van der Waals surface area (Å²) in [5, 5.41) is 4.08. The van der Waals surface area contributed by atoms with Crippen LogP contribution in [0.2, 0.25) is 0 Å². The third-order valence-corrected chi connectivity index (χ3v) is 6.36. The van der Waals surface area contributed by atoms with Gasteiger partial charge in [0, 0.05) is 18.5 Å². The third-order valence-electron chi connectivity index (χ3n) is 4.53. The first kappa shape index (κ1) is 17.9. The Bertz CT molecular complexity index is 806. The van der Waals surface area contributed by atoms with Crippen LogP contribution in [0.25, 0.3) is 0 Å². The molecular formula is C17H23N3O4S. The zero-order chi connectivity index (χ0) is 17.9. The van der Waals surface area contributed by atoms with E-state index in [1.165, 1.54) is 4.31 Å². The van der Waals surface area contributed by atoms with Gasteiger partial charge in [0.1, 0.15) is 5.75 Å². The summed E-state index contributed by atoms with van der Waals surface area (Å²) >= 11 is 0. The minimum atomic E-state index is -3.22. The summed E-state index contributed by atoms with van der Waals surface area (Å²) < 4.78 is 36.8. The number of nitrogens with zero attached hydrogens (tertiary/aromatic N) is 3. The summed E-state index contributed by atoms with van der Waals surface area (Å²) in [6.45, 7) is 4.75. The molecule has 0 amide bonds. The number of rotatable bonds is 6. The van der Waals surface area contributed by atoms with E-state index in [9.17, 15) is 8.42 Å². The molecule has 1 aliphatic rings. The van der Waals surface area contributed by atoms with Crippen LogP contribution in [0.15, 0.2) is 34.9 Å². The fourth-order valence-electron chi connectivity index (χ4n) is 3.02. The van der Waals surface area contributed by atoms with E-state index in [1.54, 1.807) is 6.92 Å². The first-order chi connectivity index (χ1) is 11.9. The minimum absolute atomic E-state index is 0.103. The lowest BCUT2D eigenvalue weighted by molar-refractivity contribution is 0.222. The van der Waals surface area contributed by atoms with Crippen molar-refractivity contribution in [2.24, 2.45) is 0 Å². The second-order valence-corrected chi connectivity index (χ2v) is 8.77. The molecule has 0 N–H and O–H groups in total. The minimum Gasteiger partial charge on any atom is -0.484 e. The number of hydrogen-bond acceptors (Lipinski definition) is 6. The van der Waals surface area contributed by atoms with E-state index in [0.717, 1.165) is 18.6 Å². The van der Waals surface area contributed by atoms with Crippen LogP contribution in [0.4, 0.5) is 0 Å². The van der Waals surface area contributed by atoms with Gasteiger partial charge < -0.3 is 9.26 Å². The molecule has 1 aliphatic heterocycles. The van der Waals surface area contributed by atoms with Gasteiger partial charge in [-0.3, -0.25) is 0 Å². The highest BCUT2D eigenvalue weighted by atomic mass is 32.2. The SMILES string of the molecule is CCS(=O)(=O)N1CCCC(C)(c2noc(COc3ccccc3)n2)C1. The normalized spacial score (nSPS) is 22.0. The predicted molar refractivity (Wildman–Crippen MR) is 92.7 cm³/mol. The van der Waals surface area contributed by atoms with Gasteiger partial charge in [-0.15, -0.1) is 0 Å². The molecular weight excluding hydrogens is 342 g/mol. The lowest BCUT2D eigenvalue weighted by Crippen LogP contribution is -2.48. The molecule has 0 aliphatic carbocycles. The topological polar surface area (TPSA) is 85.5 Å². The standard InChI is InChI=1S/C17H23N3O4S/c1-3-25(21,22)20-11-7-10-17(2,13-20)16-18-15(24-19-16)12-23-14-8-5-4-6-9-14/h4-6,8-9H,3,7,10-13H2,1-2H3. The fraction of sp³-hybridized carbons (Fsp3) is 0.529. The highest BCUT2D eigenvalue weighted by Crippen LogP contribution is 2.33. The van der Waals surface area contributed by atoms with Gasteiger partial charge in [0.05, 0.1) is 5.75 Å². The predicted octanol–water partition coefficient (Wildman–Crippen LogP) is 2.35. The first-order valence-electron chi connectivity index (χ1n) is 8.42. The summed E-state index contributed by atoms with van der Waals surface area (Å²) in [6, 6.07) is 9.40. The molecule has 7 nitrogen and oxygen atoms in total. The van der Waals surface area contributed by atoms with Crippen molar-refractivity contribution in [3.05, 3.63) is 42.0 Å². The Kier molecular flexibility index (Phi) is 5.10. The van der Waals surface area contributed by atoms with Gasteiger partial charge in [-0.05, 0) is 31.9 Å². The van der Waals surface area contributed by atoms with Gasteiger partial charge in [0.25, 0.3) is 5.89 Å². The van der Waals surface area contributed by atoms with Crippen LogP contribution in [0, 0.1) is 0 Å². The van der Waals surface area contributed by atoms with Gasteiger partial charge in [-0.1, -0.05) is 30.3 Å². The summed E-state index contributed by atoms with van der Waals surface area (Å²) in [5.74, 6) is 1.75. The smallest absolute Gasteiger partial charge is 0.264 e. The van der Waals surface area contributed by atoms with Crippen molar-refractivity contribution >= 4 is 10.0 Å². The molecule has 1 unspecified atom stereocenters. The molecule has 1 saturated heterocycles. The van der Waals surface area contributed by atoms with Crippen LogP contribution in [0.1, 0.15) is 38.4 Å². The van der Waals surface area contributed by atoms with E-state index in [1.807, 2.05) is 37.3 Å². The van der Waals surface area contributed by atoms with Crippen LogP contribution < -0.4 is 4.74 Å². The van der Waals surface area contributed by atoms with Crippen molar-refractivity contribution in [1.29, 1.82) is 0 Å². The molecule has 8 heteroatoms. The number of para-hydroxylation sites is 1. The maximum Gasteiger partial charge on any atom is 0.264 e. The molecule has 0 saturated carbocycles. The summed E-state index contributed by atoms with van der Waals surface area (Å²) in [7, 11) is -3.22. The zero-order valence-corrected chi connectivity index (χ0v) is 15.3. The number of aromatic nitrogens is 2. The first-order valence-corrected chi connectivity index (χ1v) is 10.0. The van der Waals surface area contributed by atoms with E-state index in [-0.39, 0.29) is 12.4 Å². The van der Waals surface area contributed by atoms with Crippen molar-refractivity contribution in [3.63, 3.8) is 0 Å². The molecule has 0 radical (unpaired) electrons. The molecule has 2 heterocycles. The number of ether oxygens (including phenoxy) is 1. The molecule has 2 aromatic rings. The van der Waals surface area contributed by atoms with E-state index < -0.39 is 15.4 Å². The second kappa shape index (κ2) is 7.13. The van der Waals surface area contributed by atoms with Crippen molar-refractivity contribution in [3.8, 4) is 5.75 Å². The Morgan fingerprint density at radius 3 is 2.80 bits per heavy atom. The van der Waals surface area contributed by atoms with E-state index in [2.05, 4.69) is 10.1 Å². The molecule has 0 bridgehead atoms. The highest BCUT2D eigenvalue weighted by molar-refractivity contribution is 7.89. The average Bonchev–Trinajstić information content (AvgIpc) is 3.11. The van der Waals surface area contributed by atoms with Crippen LogP contribution in [0.3, 0.4) is 0 Å². The molecule has 136 valence electrons. The zero-order valence-electron chi connectivity index (χ0n) is 14.5. The Hall–Kier alpha value is -1.93. The number of piperidine rings is 1. The highest BCUT2D eigenvalue weighted by Gasteiger charge is 2.40. The molecule has 1 aromatic carbocycles. The third kappa shape index (κ3) is 4.01. The molecule has 25 heavy (non-hydrogen) atoms. The monoisotopic (exact) mass is 365 g/mol. The van der Waals surface area contributed by atoms with Crippen molar-refractivity contribution in [1.82, 2.24) is 14.4 Å². The molecule has 1 fully saturated rings. The number of hydrogen-bond donors (Lipinski definition) is 0. The molecule has 1 aromatic heterocycles. The van der Waals surface area contributed by atoms with Crippen molar-refractivity contribution in [2.45, 2.75) is 38.7 Å². The lowest BCUT2D eigenvalue weighted by atomic mass is 9.82. The van der Waals surface area contributed by atoms with Crippen LogP contribution in [-0.2, 0) is 22.0 Å². The van der Waals surface area contributed by atoms with Crippen LogP contribution >= 0.6 is 0 Å². The Morgan fingerprint density at radius 2 is 2.08 bits per heavy atom. The van der Waals surface area contributed by atoms with Crippen LogP contribution in [-0.4, -0.2) is 41.7 Å². The number of sulfonamides is 1. The summed E-state index contributed by atoms with van der Waals surface area (Å²) in [5.41, 5.74) is -0.449. The van der Waals surface area contributed by atoms with E-state index in [4.69, 9.17) is 9.26 Å². The molecule has 3 rings (SSSR count). The largest absolute Gasteiger partial charge is 0.484 e. The lowest BCUT2D eigenvalue weighted by Gasteiger charge is -2.37. The summed E-state index contributed by atoms with van der Waals surface area (Å²) in [6.07, 6.45) is 1.60. The second-order valence-electron chi connectivity index (χ2n) is 6.51. The fourth-order valence-corrected chi connectivity index (χ4v) is 4.27. The quantitative estimate of drug-likeness (QED) is 0.781. The Morgan fingerprint density at radius 1 is 1.32 bits per heavy atom. The van der Waals surface area contributed by atoms with Gasteiger partial charge in [0.15, 0.2) is 12.4 Å². The van der Waals surface area contributed by atoms with Gasteiger partial charge in [-0.2, -0.15) is 4.98 Å². The van der Waals surface area contributed by atoms with E-state index in [0.29, 0.717) is 24.8 Å². The van der Waals surface area contributed by atoms with Gasteiger partial charge in [0.2, 0.25) is 10.0 Å². The molecule has 1 atom stereocenters. The van der Waals surface area contributed by atoms with E-state index >= 15 is 0 Å².